The summed E-state index contributed by atoms with van der Waals surface area (Å²) in [4.78, 5) is 23.9. The van der Waals surface area contributed by atoms with Crippen molar-refractivity contribution in [3.05, 3.63) is 135 Å². The Balaban J connectivity index is 1.22. The van der Waals surface area contributed by atoms with E-state index < -0.39 is 18.7 Å². The lowest BCUT2D eigenvalue weighted by Crippen LogP contribution is -2.37. The van der Waals surface area contributed by atoms with E-state index in [9.17, 15) is 9.59 Å². The number of aryl methyl sites for hydroxylation is 1. The molecule has 0 amide bonds. The monoisotopic (exact) mass is 709 g/mol. The smallest absolute Gasteiger partial charge is 0.489 e. The van der Waals surface area contributed by atoms with Crippen LogP contribution in [0.1, 0.15) is 46.2 Å². The van der Waals surface area contributed by atoms with Crippen LogP contribution in [0.5, 0.6) is 11.5 Å². The van der Waals surface area contributed by atoms with Gasteiger partial charge in [0.1, 0.15) is 24.2 Å². The third kappa shape index (κ3) is 10.2. The van der Waals surface area contributed by atoms with E-state index in [1.165, 1.54) is 5.56 Å². The van der Waals surface area contributed by atoms with E-state index >= 15 is 0 Å². The average Bonchev–Trinajstić information content (AvgIpc) is 3.07. The zero-order chi connectivity index (χ0) is 33.9. The molecule has 0 radical (unpaired) electrons. The van der Waals surface area contributed by atoms with Crippen molar-refractivity contribution in [2.75, 3.05) is 26.3 Å². The number of nitrogens with zero attached hydrogens (tertiary/aromatic N) is 1. The molecule has 0 saturated carbocycles. The van der Waals surface area contributed by atoms with Gasteiger partial charge in [-0.25, -0.2) is 9.59 Å². The predicted octanol–water partition coefficient (Wildman–Crippen LogP) is 7.79. The van der Waals surface area contributed by atoms with Crippen LogP contribution in [0.3, 0.4) is 0 Å². The van der Waals surface area contributed by atoms with Crippen LogP contribution in [0.15, 0.2) is 102 Å². The summed E-state index contributed by atoms with van der Waals surface area (Å²) in [5.74, 6) is 6.68. The molecule has 1 aliphatic heterocycles. The van der Waals surface area contributed by atoms with E-state index in [2.05, 4.69) is 69.1 Å². The van der Waals surface area contributed by atoms with Gasteiger partial charge < -0.3 is 24.4 Å². The zero-order valence-electron chi connectivity index (χ0n) is 26.5. The summed E-state index contributed by atoms with van der Waals surface area (Å²) in [7, 11) is 0. The third-order valence-corrected chi connectivity index (χ3v) is 8.43. The van der Waals surface area contributed by atoms with Gasteiger partial charge in [0, 0.05) is 35.2 Å². The fourth-order valence-corrected chi connectivity index (χ4v) is 5.69. The highest BCUT2D eigenvalue weighted by Gasteiger charge is 2.22. The maximum atomic E-state index is 10.8. The second kappa shape index (κ2) is 16.7. The number of ether oxygens (including phenoxy) is 3. The Bertz CT molecular complexity index is 1800. The lowest BCUT2D eigenvalue weighted by Gasteiger charge is -2.31. The Morgan fingerprint density at radius 2 is 1.46 bits per heavy atom. The lowest BCUT2D eigenvalue weighted by atomic mass is 9.97. The molecule has 1 saturated heterocycles. The molecule has 4 aromatic rings. The Hall–Kier alpha value is -5.04. The van der Waals surface area contributed by atoms with E-state index in [4.69, 9.17) is 24.4 Å². The Morgan fingerprint density at radius 1 is 0.854 bits per heavy atom. The van der Waals surface area contributed by atoms with Gasteiger partial charge in [0.15, 0.2) is 6.61 Å². The zero-order valence-corrected chi connectivity index (χ0v) is 28.1. The van der Waals surface area contributed by atoms with Gasteiger partial charge in [-0.1, -0.05) is 64.2 Å². The largest absolute Gasteiger partial charge is 0.506 e. The molecule has 1 fully saturated rings. The summed E-state index contributed by atoms with van der Waals surface area (Å²) in [6.07, 6.45) is 2.06. The third-order valence-electron chi connectivity index (χ3n) is 7.90. The Morgan fingerprint density at radius 3 is 2.04 bits per heavy atom. The Labute approximate surface area is 288 Å². The minimum Gasteiger partial charge on any atom is -0.489 e. The van der Waals surface area contributed by atoms with Crippen molar-refractivity contribution in [2.24, 2.45) is 0 Å². The molecule has 1 heterocycles. The number of halogens is 1. The standard InChI is InChI=1S/C39H36BrNO7/c1-27-24-35(16-17-37(27)47-26-38(42)43)46-23-20-36(32-12-14-33(40)15-13-32)31-10-8-29(9-11-31)3-2-28-4-6-30(7-5-28)25-41-21-18-34(19-22-41)48-39(44)45/h4-17,20,24,34H,18-19,21-23,25-26H2,1H3,(H,42,43)(H,44,45)/b36-20+. The van der Waals surface area contributed by atoms with Crippen LogP contribution < -0.4 is 9.47 Å². The quantitative estimate of drug-likeness (QED) is 0.120. The number of benzene rings is 4. The first-order valence-electron chi connectivity index (χ1n) is 15.6. The molecular formula is C39H36BrNO7. The van der Waals surface area contributed by atoms with Crippen LogP contribution in [0.4, 0.5) is 4.79 Å². The van der Waals surface area contributed by atoms with Crippen molar-refractivity contribution < 1.29 is 34.0 Å². The molecule has 1 aliphatic rings. The molecule has 0 bridgehead atoms. The van der Waals surface area contributed by atoms with E-state index in [-0.39, 0.29) is 6.10 Å². The summed E-state index contributed by atoms with van der Waals surface area (Å²) < 4.78 is 17.3. The van der Waals surface area contributed by atoms with Crippen molar-refractivity contribution in [1.29, 1.82) is 0 Å². The Kier molecular flexibility index (Phi) is 11.9. The van der Waals surface area contributed by atoms with E-state index in [1.54, 1.807) is 12.1 Å². The van der Waals surface area contributed by atoms with E-state index in [0.717, 1.165) is 57.5 Å². The van der Waals surface area contributed by atoms with Crippen molar-refractivity contribution >= 4 is 33.6 Å². The molecule has 0 atom stereocenters. The number of likely N-dealkylation sites (tertiary alicyclic amines) is 1. The SMILES string of the molecule is Cc1cc(OC/C=C(/c2ccc(Br)cc2)c2ccc(C#Cc3ccc(CN4CCC(OC(=O)O)CC4)cc3)cc2)ccc1OCC(=O)O. The second-order valence-electron chi connectivity index (χ2n) is 11.4. The van der Waals surface area contributed by atoms with Gasteiger partial charge in [-0.3, -0.25) is 4.90 Å². The van der Waals surface area contributed by atoms with Crippen LogP contribution >= 0.6 is 15.9 Å². The number of carboxylic acid groups (broad SMARTS) is 2. The number of carboxylic acids is 1. The molecule has 4 aromatic carbocycles. The molecular weight excluding hydrogens is 674 g/mol. The van der Waals surface area contributed by atoms with Gasteiger partial charge in [-0.05, 0) is 108 Å². The highest BCUT2D eigenvalue weighted by molar-refractivity contribution is 9.10. The summed E-state index contributed by atoms with van der Waals surface area (Å²) in [5.41, 5.74) is 6.92. The number of piperidine rings is 1. The minimum atomic E-state index is -1.20. The molecule has 0 spiro atoms. The fourth-order valence-electron chi connectivity index (χ4n) is 5.42. The highest BCUT2D eigenvalue weighted by atomic mass is 79.9. The first-order chi connectivity index (χ1) is 23.2. The van der Waals surface area contributed by atoms with Crippen LogP contribution in [0.25, 0.3) is 5.57 Å². The summed E-state index contributed by atoms with van der Waals surface area (Å²) in [6, 6.07) is 29.8. The first-order valence-corrected chi connectivity index (χ1v) is 16.4. The summed E-state index contributed by atoms with van der Waals surface area (Å²) in [6.45, 7) is 4.21. The maximum absolute atomic E-state index is 10.8. The average molecular weight is 711 g/mol. The van der Waals surface area contributed by atoms with Crippen molar-refractivity contribution in [3.63, 3.8) is 0 Å². The van der Waals surface area contributed by atoms with Crippen molar-refractivity contribution in [1.82, 2.24) is 4.90 Å². The van der Waals surface area contributed by atoms with Crippen LogP contribution in [-0.4, -0.2) is 59.6 Å². The van der Waals surface area contributed by atoms with Crippen molar-refractivity contribution in [3.8, 4) is 23.3 Å². The molecule has 246 valence electrons. The van der Waals surface area contributed by atoms with Crippen molar-refractivity contribution in [2.45, 2.75) is 32.4 Å². The summed E-state index contributed by atoms with van der Waals surface area (Å²) >= 11 is 3.52. The minimum absolute atomic E-state index is 0.211. The molecule has 0 unspecified atom stereocenters. The number of carbonyl (C=O) groups is 2. The number of rotatable bonds is 11. The molecule has 48 heavy (non-hydrogen) atoms. The van der Waals surface area contributed by atoms with Crippen LogP contribution in [0, 0.1) is 18.8 Å². The number of hydrogen-bond acceptors (Lipinski definition) is 6. The predicted molar refractivity (Wildman–Crippen MR) is 187 cm³/mol. The number of hydrogen-bond donors (Lipinski definition) is 2. The fraction of sp³-hybridized carbons (Fsp3) is 0.231. The van der Waals surface area contributed by atoms with E-state index in [0.29, 0.717) is 30.9 Å². The lowest BCUT2D eigenvalue weighted by molar-refractivity contribution is -0.139. The van der Waals surface area contributed by atoms with Gasteiger partial charge in [-0.2, -0.15) is 0 Å². The van der Waals surface area contributed by atoms with Crippen LogP contribution in [-0.2, 0) is 16.1 Å². The van der Waals surface area contributed by atoms with Gasteiger partial charge in [0.2, 0.25) is 0 Å². The topological polar surface area (TPSA) is 106 Å². The second-order valence-corrected chi connectivity index (χ2v) is 12.3. The molecule has 0 aromatic heterocycles. The normalized spacial score (nSPS) is 13.7. The van der Waals surface area contributed by atoms with Gasteiger partial charge in [-0.15, -0.1) is 0 Å². The molecule has 5 rings (SSSR count). The molecule has 0 aliphatic carbocycles. The van der Waals surface area contributed by atoms with Gasteiger partial charge >= 0.3 is 12.1 Å². The summed E-state index contributed by atoms with van der Waals surface area (Å²) in [5, 5.41) is 17.7. The highest BCUT2D eigenvalue weighted by Crippen LogP contribution is 2.27. The maximum Gasteiger partial charge on any atom is 0.506 e. The molecule has 9 heteroatoms. The van der Waals surface area contributed by atoms with Crippen LogP contribution in [0.2, 0.25) is 0 Å². The molecule has 2 N–H and O–H groups in total. The van der Waals surface area contributed by atoms with E-state index in [1.807, 2.05) is 55.5 Å². The van der Waals surface area contributed by atoms with Gasteiger partial charge in [0.25, 0.3) is 0 Å². The molecule has 8 nitrogen and oxygen atoms in total. The number of aliphatic carboxylic acids is 1. The van der Waals surface area contributed by atoms with Gasteiger partial charge in [0.05, 0.1) is 0 Å². The first kappa shape index (κ1) is 34.3.